The van der Waals surface area contributed by atoms with E-state index < -0.39 is 0 Å². The number of aromatic nitrogens is 1. The van der Waals surface area contributed by atoms with Gasteiger partial charge in [0.25, 0.3) is 0 Å². The lowest BCUT2D eigenvalue weighted by molar-refractivity contribution is 0.0600. The Morgan fingerprint density at radius 1 is 1.21 bits per heavy atom. The van der Waals surface area contributed by atoms with Gasteiger partial charge in [-0.2, -0.15) is 0 Å². The Labute approximate surface area is 112 Å². The topological polar surface area (TPSA) is 42.4 Å². The van der Waals surface area contributed by atoms with Gasteiger partial charge in [-0.25, -0.2) is 4.79 Å². The number of hydrogen-bond donors (Lipinski definition) is 0. The molecule has 0 saturated carbocycles. The maximum Gasteiger partial charge on any atom is 0.339 e. The van der Waals surface area contributed by atoms with Crippen LogP contribution in [0.25, 0.3) is 0 Å². The number of anilines is 1. The minimum absolute atomic E-state index is 0.365. The number of nitrogens with zero attached hydrogens (tertiary/aromatic N) is 2. The van der Waals surface area contributed by atoms with Crippen molar-refractivity contribution in [3.63, 3.8) is 0 Å². The van der Waals surface area contributed by atoms with Crippen LogP contribution < -0.4 is 4.90 Å². The van der Waals surface area contributed by atoms with E-state index in [4.69, 9.17) is 0 Å². The molecule has 0 spiro atoms. The van der Waals surface area contributed by atoms with Crippen LogP contribution in [-0.2, 0) is 11.3 Å². The zero-order valence-corrected chi connectivity index (χ0v) is 11.0. The summed E-state index contributed by atoms with van der Waals surface area (Å²) in [5.74, 6) is -0.365. The first-order chi connectivity index (χ1) is 9.20. The fraction of sp³-hybridized carbons (Fsp3) is 0.200. The van der Waals surface area contributed by atoms with Crippen molar-refractivity contribution in [1.82, 2.24) is 4.98 Å². The monoisotopic (exact) mass is 256 g/mol. The van der Waals surface area contributed by atoms with Gasteiger partial charge in [-0.05, 0) is 24.3 Å². The van der Waals surface area contributed by atoms with Crippen LogP contribution in [0.5, 0.6) is 0 Å². The van der Waals surface area contributed by atoms with E-state index in [0.717, 1.165) is 11.4 Å². The van der Waals surface area contributed by atoms with Gasteiger partial charge in [0.15, 0.2) is 0 Å². The van der Waals surface area contributed by atoms with Gasteiger partial charge >= 0.3 is 5.97 Å². The van der Waals surface area contributed by atoms with Crippen LogP contribution in [-0.4, -0.2) is 25.1 Å². The predicted molar refractivity (Wildman–Crippen MR) is 74.1 cm³/mol. The van der Waals surface area contributed by atoms with Crippen molar-refractivity contribution in [3.05, 3.63) is 59.9 Å². The van der Waals surface area contributed by atoms with E-state index in [9.17, 15) is 4.79 Å². The second-order valence-corrected chi connectivity index (χ2v) is 4.22. The molecule has 98 valence electrons. The number of pyridine rings is 1. The number of para-hydroxylation sites is 1. The molecule has 1 aromatic heterocycles. The zero-order valence-electron chi connectivity index (χ0n) is 11.0. The molecule has 4 heteroatoms. The number of methoxy groups -OCH3 is 1. The van der Waals surface area contributed by atoms with Crippen molar-refractivity contribution in [2.45, 2.75) is 6.54 Å². The summed E-state index contributed by atoms with van der Waals surface area (Å²) in [6.07, 6.45) is 1.54. The summed E-state index contributed by atoms with van der Waals surface area (Å²) in [5, 5.41) is 0. The van der Waals surface area contributed by atoms with E-state index in [1.165, 1.54) is 7.11 Å². The molecule has 0 N–H and O–H groups in total. The molecule has 4 nitrogen and oxygen atoms in total. The van der Waals surface area contributed by atoms with Crippen molar-refractivity contribution in [1.29, 1.82) is 0 Å². The van der Waals surface area contributed by atoms with E-state index in [-0.39, 0.29) is 5.97 Å². The molecule has 19 heavy (non-hydrogen) atoms. The van der Waals surface area contributed by atoms with Gasteiger partial charge < -0.3 is 9.64 Å². The number of carbonyl (C=O) groups excluding carboxylic acids is 1. The Hall–Kier alpha value is -2.36. The quantitative estimate of drug-likeness (QED) is 0.788. The van der Waals surface area contributed by atoms with Crippen molar-refractivity contribution < 1.29 is 9.53 Å². The molecule has 0 atom stereocenters. The Kier molecular flexibility index (Phi) is 4.13. The summed E-state index contributed by atoms with van der Waals surface area (Å²) < 4.78 is 4.64. The Bertz CT molecular complexity index is 538. The molecule has 2 rings (SSSR count). The summed E-state index contributed by atoms with van der Waals surface area (Å²) in [7, 11) is 3.37. The van der Waals surface area contributed by atoms with Gasteiger partial charge in [-0.15, -0.1) is 0 Å². The molecule has 2 aromatic rings. The Morgan fingerprint density at radius 3 is 2.53 bits per heavy atom. The van der Waals surface area contributed by atoms with Gasteiger partial charge in [-0.1, -0.05) is 18.2 Å². The highest BCUT2D eigenvalue weighted by atomic mass is 16.5. The van der Waals surface area contributed by atoms with Gasteiger partial charge in [-0.3, -0.25) is 4.98 Å². The molecular weight excluding hydrogens is 240 g/mol. The minimum Gasteiger partial charge on any atom is -0.465 e. The number of hydrogen-bond acceptors (Lipinski definition) is 4. The number of esters is 1. The summed E-state index contributed by atoms with van der Waals surface area (Å²) >= 11 is 0. The van der Waals surface area contributed by atoms with Gasteiger partial charge in [0.2, 0.25) is 0 Å². The standard InChI is InChI=1S/C15H16N2O2/c1-17(14-6-4-3-5-7-14)11-13-9-8-12(10-16-13)15(18)19-2/h3-10H,11H2,1-2H3. The first kappa shape index (κ1) is 13.1. The number of rotatable bonds is 4. The third-order valence-electron chi connectivity index (χ3n) is 2.84. The molecule has 0 radical (unpaired) electrons. The zero-order chi connectivity index (χ0) is 13.7. The van der Waals surface area contributed by atoms with E-state index in [2.05, 4.69) is 14.6 Å². The first-order valence-electron chi connectivity index (χ1n) is 6.00. The lowest BCUT2D eigenvalue weighted by Crippen LogP contribution is -2.17. The summed E-state index contributed by atoms with van der Waals surface area (Å²) in [5.41, 5.74) is 2.49. The highest BCUT2D eigenvalue weighted by Crippen LogP contribution is 2.13. The maximum absolute atomic E-state index is 11.3. The lowest BCUT2D eigenvalue weighted by Gasteiger charge is -2.18. The maximum atomic E-state index is 11.3. The smallest absolute Gasteiger partial charge is 0.339 e. The SMILES string of the molecule is COC(=O)c1ccc(CN(C)c2ccccc2)nc1. The number of carbonyl (C=O) groups is 1. The van der Waals surface area contributed by atoms with Crippen LogP contribution in [0.1, 0.15) is 16.1 Å². The fourth-order valence-electron chi connectivity index (χ4n) is 1.77. The third-order valence-corrected chi connectivity index (χ3v) is 2.84. The molecule has 0 saturated heterocycles. The van der Waals surface area contributed by atoms with Crippen LogP contribution in [0.3, 0.4) is 0 Å². The molecule has 0 aliphatic rings. The first-order valence-corrected chi connectivity index (χ1v) is 6.00. The van der Waals surface area contributed by atoms with E-state index >= 15 is 0 Å². The molecule has 1 aromatic carbocycles. The minimum atomic E-state index is -0.365. The van der Waals surface area contributed by atoms with Crippen molar-refractivity contribution in [2.24, 2.45) is 0 Å². The fourth-order valence-corrected chi connectivity index (χ4v) is 1.77. The molecule has 1 heterocycles. The Morgan fingerprint density at radius 2 is 1.95 bits per heavy atom. The molecule has 0 aliphatic carbocycles. The lowest BCUT2D eigenvalue weighted by atomic mass is 10.2. The highest BCUT2D eigenvalue weighted by Gasteiger charge is 2.07. The van der Waals surface area contributed by atoms with E-state index in [1.807, 2.05) is 43.4 Å². The van der Waals surface area contributed by atoms with Gasteiger partial charge in [0.1, 0.15) is 0 Å². The predicted octanol–water partition coefficient (Wildman–Crippen LogP) is 2.50. The van der Waals surface area contributed by atoms with Crippen LogP contribution in [0.2, 0.25) is 0 Å². The molecular formula is C15H16N2O2. The van der Waals surface area contributed by atoms with Crippen molar-refractivity contribution >= 4 is 11.7 Å². The summed E-state index contributed by atoms with van der Waals surface area (Å²) in [6, 6.07) is 13.6. The van der Waals surface area contributed by atoms with E-state index in [1.54, 1.807) is 12.3 Å². The molecule has 0 unspecified atom stereocenters. The summed E-state index contributed by atoms with van der Waals surface area (Å²) in [4.78, 5) is 17.7. The second-order valence-electron chi connectivity index (χ2n) is 4.22. The van der Waals surface area contributed by atoms with Crippen LogP contribution in [0, 0.1) is 0 Å². The molecule has 0 bridgehead atoms. The largest absolute Gasteiger partial charge is 0.465 e. The van der Waals surface area contributed by atoms with Crippen molar-refractivity contribution in [2.75, 3.05) is 19.1 Å². The van der Waals surface area contributed by atoms with Crippen LogP contribution in [0.15, 0.2) is 48.7 Å². The van der Waals surface area contributed by atoms with Crippen LogP contribution >= 0.6 is 0 Å². The summed E-state index contributed by atoms with van der Waals surface area (Å²) in [6.45, 7) is 0.686. The van der Waals surface area contributed by atoms with E-state index in [0.29, 0.717) is 12.1 Å². The second kappa shape index (κ2) is 6.00. The van der Waals surface area contributed by atoms with Crippen LogP contribution in [0.4, 0.5) is 5.69 Å². The Balaban J connectivity index is 2.06. The molecule has 0 fully saturated rings. The number of ether oxygens (including phenoxy) is 1. The average molecular weight is 256 g/mol. The third kappa shape index (κ3) is 3.31. The average Bonchev–Trinajstić information content (AvgIpc) is 2.48. The molecule has 0 aliphatic heterocycles. The molecule has 0 amide bonds. The van der Waals surface area contributed by atoms with Gasteiger partial charge in [0.05, 0.1) is 24.9 Å². The van der Waals surface area contributed by atoms with Crippen molar-refractivity contribution in [3.8, 4) is 0 Å². The number of benzene rings is 1. The normalized spacial score (nSPS) is 10.0. The van der Waals surface area contributed by atoms with Gasteiger partial charge in [0, 0.05) is 18.9 Å². The highest BCUT2D eigenvalue weighted by molar-refractivity contribution is 5.88.